The van der Waals surface area contributed by atoms with Gasteiger partial charge in [-0.05, 0) is 17.8 Å². The Morgan fingerprint density at radius 2 is 0.913 bits per heavy atom. The van der Waals surface area contributed by atoms with Gasteiger partial charge in [0.05, 0.1) is 0 Å². The van der Waals surface area contributed by atoms with Gasteiger partial charge in [-0.3, -0.25) is 0 Å². The highest BCUT2D eigenvalue weighted by atomic mass is 14.3. The van der Waals surface area contributed by atoms with Crippen LogP contribution >= 0.6 is 0 Å². The van der Waals surface area contributed by atoms with Gasteiger partial charge in [0.25, 0.3) is 0 Å². The van der Waals surface area contributed by atoms with E-state index in [1.807, 2.05) is 0 Å². The van der Waals surface area contributed by atoms with Gasteiger partial charge in [0.15, 0.2) is 0 Å². The summed E-state index contributed by atoms with van der Waals surface area (Å²) >= 11 is 0. The lowest BCUT2D eigenvalue weighted by atomic mass is 9.77. The molecule has 0 aliphatic heterocycles. The predicted octanol–water partition coefficient (Wildman–Crippen LogP) is 8.79. The lowest BCUT2D eigenvalue weighted by molar-refractivity contribution is 0.220. The smallest absolute Gasteiger partial charge is 0.0386 e. The second-order valence-corrected chi connectivity index (χ2v) is 8.12. The molecular weight excluding hydrogens is 276 g/mol. The maximum atomic E-state index is 2.53. The third-order valence-electron chi connectivity index (χ3n) is 6.14. The van der Waals surface area contributed by atoms with Crippen molar-refractivity contribution in [1.29, 1.82) is 0 Å². The van der Waals surface area contributed by atoms with Crippen molar-refractivity contribution in [3.63, 3.8) is 0 Å². The molecule has 23 heavy (non-hydrogen) atoms. The monoisotopic (exact) mass is 324 g/mol. The van der Waals surface area contributed by atoms with E-state index in [-0.39, 0.29) is 0 Å². The number of hydrogen-bond donors (Lipinski definition) is 0. The van der Waals surface area contributed by atoms with Gasteiger partial charge in [0.2, 0.25) is 0 Å². The topological polar surface area (TPSA) is 0 Å². The third kappa shape index (κ3) is 13.0. The van der Waals surface area contributed by atoms with E-state index in [1.165, 1.54) is 96.3 Å². The summed E-state index contributed by atoms with van der Waals surface area (Å²) in [4.78, 5) is 0. The molecular formula is C23H48. The summed E-state index contributed by atoms with van der Waals surface area (Å²) in [6.07, 6.45) is 21.7. The van der Waals surface area contributed by atoms with Crippen LogP contribution in [0.15, 0.2) is 0 Å². The van der Waals surface area contributed by atoms with Crippen LogP contribution in [0.3, 0.4) is 0 Å². The van der Waals surface area contributed by atoms with E-state index in [0.717, 1.165) is 17.8 Å². The minimum atomic E-state index is 0.903. The molecule has 0 aliphatic rings. The summed E-state index contributed by atoms with van der Waals surface area (Å²) < 4.78 is 0. The summed E-state index contributed by atoms with van der Waals surface area (Å²) in [5.41, 5.74) is 0. The zero-order valence-corrected chi connectivity index (χ0v) is 17.3. The molecule has 2 atom stereocenters. The van der Waals surface area contributed by atoms with E-state index >= 15 is 0 Å². The number of hydrogen-bond acceptors (Lipinski definition) is 0. The number of unbranched alkanes of at least 4 members (excludes halogenated alkanes) is 10. The standard InChI is InChI=1S/C23H48/c1-6-9-11-13-15-17-19-23(22(5)21(4)8-3)20-18-16-14-12-10-7-2/h21-23H,6-20H2,1-5H3. The minimum Gasteiger partial charge on any atom is -0.0654 e. The highest BCUT2D eigenvalue weighted by Crippen LogP contribution is 2.31. The van der Waals surface area contributed by atoms with Crippen LogP contribution in [0, 0.1) is 17.8 Å². The summed E-state index contributed by atoms with van der Waals surface area (Å²) in [7, 11) is 0. The van der Waals surface area contributed by atoms with E-state index < -0.39 is 0 Å². The molecule has 0 saturated heterocycles. The maximum absolute atomic E-state index is 2.53. The molecule has 0 heterocycles. The fraction of sp³-hybridized carbons (Fsp3) is 1.00. The van der Waals surface area contributed by atoms with Crippen molar-refractivity contribution in [1.82, 2.24) is 0 Å². The van der Waals surface area contributed by atoms with E-state index in [9.17, 15) is 0 Å². The fourth-order valence-electron chi connectivity index (χ4n) is 3.88. The summed E-state index contributed by atoms with van der Waals surface area (Å²) in [6.45, 7) is 12.0. The third-order valence-corrected chi connectivity index (χ3v) is 6.14. The summed E-state index contributed by atoms with van der Waals surface area (Å²) in [5, 5.41) is 0. The minimum absolute atomic E-state index is 0.903. The molecule has 0 rings (SSSR count). The molecule has 2 unspecified atom stereocenters. The van der Waals surface area contributed by atoms with Crippen LogP contribution in [-0.2, 0) is 0 Å². The van der Waals surface area contributed by atoms with Crippen LogP contribution < -0.4 is 0 Å². The highest BCUT2D eigenvalue weighted by Gasteiger charge is 2.21. The molecule has 0 bridgehead atoms. The van der Waals surface area contributed by atoms with Crippen LogP contribution in [0.25, 0.3) is 0 Å². The molecule has 0 fully saturated rings. The largest absolute Gasteiger partial charge is 0.0654 e. The van der Waals surface area contributed by atoms with E-state index in [0.29, 0.717) is 0 Å². The molecule has 0 N–H and O–H groups in total. The predicted molar refractivity (Wildman–Crippen MR) is 108 cm³/mol. The van der Waals surface area contributed by atoms with Crippen molar-refractivity contribution in [2.45, 2.75) is 131 Å². The molecule has 0 radical (unpaired) electrons. The molecule has 0 saturated carbocycles. The van der Waals surface area contributed by atoms with Gasteiger partial charge in [0, 0.05) is 0 Å². The second-order valence-electron chi connectivity index (χ2n) is 8.12. The van der Waals surface area contributed by atoms with Gasteiger partial charge >= 0.3 is 0 Å². The Labute approximate surface area is 149 Å². The van der Waals surface area contributed by atoms with Crippen molar-refractivity contribution in [2.24, 2.45) is 17.8 Å². The Bertz CT molecular complexity index is 204. The number of rotatable bonds is 17. The molecule has 0 amide bonds. The molecule has 140 valence electrons. The van der Waals surface area contributed by atoms with Crippen LogP contribution in [0.4, 0.5) is 0 Å². The average molecular weight is 325 g/mol. The first-order chi connectivity index (χ1) is 11.2. The van der Waals surface area contributed by atoms with Crippen molar-refractivity contribution < 1.29 is 0 Å². The van der Waals surface area contributed by atoms with Crippen LogP contribution in [-0.4, -0.2) is 0 Å². The zero-order chi connectivity index (χ0) is 17.3. The van der Waals surface area contributed by atoms with E-state index in [1.54, 1.807) is 0 Å². The van der Waals surface area contributed by atoms with E-state index in [4.69, 9.17) is 0 Å². The van der Waals surface area contributed by atoms with Gasteiger partial charge in [-0.1, -0.05) is 131 Å². The van der Waals surface area contributed by atoms with Gasteiger partial charge in [-0.2, -0.15) is 0 Å². The van der Waals surface area contributed by atoms with Crippen LogP contribution in [0.1, 0.15) is 131 Å². The summed E-state index contributed by atoms with van der Waals surface area (Å²) in [6, 6.07) is 0. The Kier molecular flexibility index (Phi) is 16.8. The second kappa shape index (κ2) is 16.8. The van der Waals surface area contributed by atoms with Crippen LogP contribution in [0.5, 0.6) is 0 Å². The Morgan fingerprint density at radius 1 is 0.522 bits per heavy atom. The first kappa shape index (κ1) is 23.0. The van der Waals surface area contributed by atoms with Gasteiger partial charge in [0.1, 0.15) is 0 Å². The maximum Gasteiger partial charge on any atom is -0.0386 e. The molecule has 0 aromatic heterocycles. The first-order valence-electron chi connectivity index (χ1n) is 11.2. The molecule has 0 spiro atoms. The van der Waals surface area contributed by atoms with Crippen LogP contribution in [0.2, 0.25) is 0 Å². The normalized spacial score (nSPS) is 14.3. The first-order valence-corrected chi connectivity index (χ1v) is 11.2. The SMILES string of the molecule is CCCCCCCCC(CCCCCCCC)C(C)C(C)CC. The Hall–Kier alpha value is 0. The van der Waals surface area contributed by atoms with Crippen molar-refractivity contribution in [3.8, 4) is 0 Å². The van der Waals surface area contributed by atoms with Crippen molar-refractivity contribution in [3.05, 3.63) is 0 Å². The molecule has 0 nitrogen and oxygen atoms in total. The average Bonchev–Trinajstić information content (AvgIpc) is 2.57. The zero-order valence-electron chi connectivity index (χ0n) is 17.3. The van der Waals surface area contributed by atoms with Crippen molar-refractivity contribution >= 4 is 0 Å². The highest BCUT2D eigenvalue weighted by molar-refractivity contribution is 4.71. The molecule has 0 aromatic carbocycles. The van der Waals surface area contributed by atoms with E-state index in [2.05, 4.69) is 34.6 Å². The lowest BCUT2D eigenvalue weighted by Gasteiger charge is -2.29. The van der Waals surface area contributed by atoms with Crippen molar-refractivity contribution in [2.75, 3.05) is 0 Å². The summed E-state index contributed by atoms with van der Waals surface area (Å²) in [5.74, 6) is 2.81. The molecule has 0 aromatic rings. The molecule has 0 heteroatoms. The fourth-order valence-corrected chi connectivity index (χ4v) is 3.88. The van der Waals surface area contributed by atoms with Gasteiger partial charge in [-0.15, -0.1) is 0 Å². The Balaban J connectivity index is 3.99. The molecule has 0 aliphatic carbocycles. The Morgan fingerprint density at radius 3 is 1.30 bits per heavy atom. The lowest BCUT2D eigenvalue weighted by Crippen LogP contribution is -2.19. The van der Waals surface area contributed by atoms with Gasteiger partial charge in [-0.25, -0.2) is 0 Å². The quantitative estimate of drug-likeness (QED) is 0.234. The van der Waals surface area contributed by atoms with Gasteiger partial charge < -0.3 is 0 Å².